The van der Waals surface area contributed by atoms with E-state index in [1.807, 2.05) is 0 Å². The number of carboxylic acids is 1. The minimum atomic E-state index is -3.01. The largest absolute Gasteiger partial charge is 0.478 e. The molecule has 0 aromatic heterocycles. The Morgan fingerprint density at radius 1 is 1.08 bits per heavy atom. The maximum absolute atomic E-state index is 14.0. The number of hydrogen-bond acceptors (Lipinski definition) is 3. The third kappa shape index (κ3) is 3.76. The topological polar surface area (TPSA) is 75.6 Å². The summed E-state index contributed by atoms with van der Waals surface area (Å²) in [6.45, 7) is 0.150. The molecule has 1 unspecified atom stereocenters. The Labute approximate surface area is 142 Å². The second-order valence-corrected chi connectivity index (χ2v) is 6.02. The van der Waals surface area contributed by atoms with Crippen molar-refractivity contribution >= 4 is 22.6 Å². The number of aromatic carboxylic acids is 1. The van der Waals surface area contributed by atoms with Crippen molar-refractivity contribution in [1.82, 2.24) is 5.32 Å². The quantitative estimate of drug-likeness (QED) is 0.893. The maximum Gasteiger partial charge on any atom is 0.335 e. The van der Waals surface area contributed by atoms with Gasteiger partial charge in [0.2, 0.25) is 0 Å². The van der Waals surface area contributed by atoms with Crippen LogP contribution >= 0.6 is 0 Å². The van der Waals surface area contributed by atoms with E-state index in [9.17, 15) is 18.4 Å². The van der Waals surface area contributed by atoms with Gasteiger partial charge >= 0.3 is 5.97 Å². The van der Waals surface area contributed by atoms with Crippen molar-refractivity contribution in [2.24, 2.45) is 0 Å². The molecule has 1 fully saturated rings. The highest BCUT2D eigenvalue weighted by molar-refractivity contribution is 6.00. The number of rotatable bonds is 3. The number of halogens is 2. The number of nitrogens with one attached hydrogen (secondary N) is 1. The molecule has 7 heteroatoms. The van der Waals surface area contributed by atoms with E-state index in [2.05, 4.69) is 5.32 Å². The Morgan fingerprint density at radius 2 is 1.72 bits per heavy atom. The predicted molar refractivity (Wildman–Crippen MR) is 87.2 cm³/mol. The van der Waals surface area contributed by atoms with Crippen molar-refractivity contribution in [3.05, 3.63) is 47.5 Å². The van der Waals surface area contributed by atoms with Gasteiger partial charge in [-0.05, 0) is 41.5 Å². The normalized spacial score (nSPS) is 20.0. The van der Waals surface area contributed by atoms with E-state index < -0.39 is 30.3 Å². The second kappa shape index (κ2) is 6.76. The van der Waals surface area contributed by atoms with E-state index in [4.69, 9.17) is 9.84 Å². The van der Waals surface area contributed by atoms with Crippen molar-refractivity contribution in [1.29, 1.82) is 0 Å². The van der Waals surface area contributed by atoms with Gasteiger partial charge < -0.3 is 15.2 Å². The van der Waals surface area contributed by atoms with E-state index in [0.717, 1.165) is 0 Å². The van der Waals surface area contributed by atoms with Gasteiger partial charge in [-0.15, -0.1) is 0 Å². The average Bonchev–Trinajstić information content (AvgIpc) is 2.74. The smallest absolute Gasteiger partial charge is 0.335 e. The zero-order valence-corrected chi connectivity index (χ0v) is 13.3. The molecule has 0 bridgehead atoms. The summed E-state index contributed by atoms with van der Waals surface area (Å²) < 4.78 is 33.1. The zero-order chi connectivity index (χ0) is 18.0. The van der Waals surface area contributed by atoms with Crippen LogP contribution in [0.4, 0.5) is 8.78 Å². The summed E-state index contributed by atoms with van der Waals surface area (Å²) in [4.78, 5) is 23.3. The van der Waals surface area contributed by atoms with Crippen molar-refractivity contribution < 1.29 is 28.2 Å². The van der Waals surface area contributed by atoms with Crippen LogP contribution in [0.1, 0.15) is 33.6 Å². The summed E-state index contributed by atoms with van der Waals surface area (Å²) in [6.07, 6.45) is -0.373. The number of alkyl halides is 2. The van der Waals surface area contributed by atoms with Gasteiger partial charge in [-0.2, -0.15) is 0 Å². The molecule has 2 aromatic rings. The second-order valence-electron chi connectivity index (χ2n) is 6.02. The maximum atomic E-state index is 14.0. The first-order chi connectivity index (χ1) is 11.9. The number of carbonyl (C=O) groups excluding carboxylic acids is 1. The standard InChI is InChI=1S/C18H17F2NO4/c19-18(20)6-8-25-7-5-15(18)21-16(22)13-3-1-12-10-14(17(23)24)4-2-11(12)9-13/h1-4,9-10,15H,5-8H2,(H,21,22)(H,23,24). The van der Waals surface area contributed by atoms with E-state index in [-0.39, 0.29) is 30.8 Å². The molecular formula is C18H17F2NO4. The van der Waals surface area contributed by atoms with Gasteiger partial charge in [0.25, 0.3) is 11.8 Å². The minimum Gasteiger partial charge on any atom is -0.478 e. The summed E-state index contributed by atoms with van der Waals surface area (Å²) in [5.74, 6) is -4.64. The number of carboxylic acid groups (broad SMARTS) is 1. The first kappa shape index (κ1) is 17.3. The SMILES string of the molecule is O=C(O)c1ccc2cc(C(=O)NC3CCOCCC3(F)F)ccc2c1. The van der Waals surface area contributed by atoms with Crippen LogP contribution in [0.2, 0.25) is 0 Å². The Bertz CT molecular complexity index is 822. The number of ether oxygens (including phenoxy) is 1. The number of benzene rings is 2. The fraction of sp³-hybridized carbons (Fsp3) is 0.333. The first-order valence-electron chi connectivity index (χ1n) is 7.90. The van der Waals surface area contributed by atoms with Crippen LogP contribution in [0.25, 0.3) is 10.8 Å². The van der Waals surface area contributed by atoms with Crippen molar-refractivity contribution in [2.75, 3.05) is 13.2 Å². The lowest BCUT2D eigenvalue weighted by Crippen LogP contribution is -2.47. The molecule has 1 aliphatic rings. The van der Waals surface area contributed by atoms with E-state index >= 15 is 0 Å². The molecule has 0 aliphatic carbocycles. The molecule has 2 aromatic carbocycles. The summed E-state index contributed by atoms with van der Waals surface area (Å²) in [5, 5.41) is 12.7. The Hall–Kier alpha value is -2.54. The van der Waals surface area contributed by atoms with Gasteiger partial charge in [0.15, 0.2) is 0 Å². The molecule has 1 aliphatic heterocycles. The molecule has 132 valence electrons. The lowest BCUT2D eigenvalue weighted by molar-refractivity contribution is -0.0419. The summed E-state index contributed by atoms with van der Waals surface area (Å²) in [7, 11) is 0. The predicted octanol–water partition coefficient (Wildman–Crippen LogP) is 3.08. The monoisotopic (exact) mass is 349 g/mol. The molecule has 2 N–H and O–H groups in total. The van der Waals surface area contributed by atoms with E-state index in [1.165, 1.54) is 18.2 Å². The van der Waals surface area contributed by atoms with Crippen LogP contribution in [0.15, 0.2) is 36.4 Å². The van der Waals surface area contributed by atoms with Crippen LogP contribution in [0, 0.1) is 0 Å². The average molecular weight is 349 g/mol. The molecule has 25 heavy (non-hydrogen) atoms. The van der Waals surface area contributed by atoms with Crippen molar-refractivity contribution in [3.8, 4) is 0 Å². The molecule has 1 atom stereocenters. The Balaban J connectivity index is 1.82. The highest BCUT2D eigenvalue weighted by Crippen LogP contribution is 2.28. The van der Waals surface area contributed by atoms with Crippen LogP contribution in [0.5, 0.6) is 0 Å². The van der Waals surface area contributed by atoms with Crippen LogP contribution in [0.3, 0.4) is 0 Å². The minimum absolute atomic E-state index is 0.0265. The zero-order valence-electron chi connectivity index (χ0n) is 13.3. The lowest BCUT2D eigenvalue weighted by Gasteiger charge is -2.25. The Kier molecular flexibility index (Phi) is 4.67. The highest BCUT2D eigenvalue weighted by atomic mass is 19.3. The fourth-order valence-corrected chi connectivity index (χ4v) is 2.84. The van der Waals surface area contributed by atoms with Gasteiger partial charge in [0.1, 0.15) is 0 Å². The van der Waals surface area contributed by atoms with E-state index in [0.29, 0.717) is 10.8 Å². The van der Waals surface area contributed by atoms with Crippen LogP contribution in [-0.4, -0.2) is 42.2 Å². The molecule has 1 heterocycles. The Morgan fingerprint density at radius 3 is 2.40 bits per heavy atom. The summed E-state index contributed by atoms with van der Waals surface area (Å²) in [5.41, 5.74) is 0.388. The lowest BCUT2D eigenvalue weighted by atomic mass is 10.0. The van der Waals surface area contributed by atoms with Gasteiger partial charge in [-0.3, -0.25) is 4.79 Å². The van der Waals surface area contributed by atoms with Crippen LogP contribution in [-0.2, 0) is 4.74 Å². The van der Waals surface area contributed by atoms with Crippen LogP contribution < -0.4 is 5.32 Å². The number of fused-ring (bicyclic) bond motifs is 1. The molecule has 0 saturated carbocycles. The molecule has 0 spiro atoms. The highest BCUT2D eigenvalue weighted by Gasteiger charge is 2.41. The third-order valence-corrected chi connectivity index (χ3v) is 4.30. The molecule has 5 nitrogen and oxygen atoms in total. The van der Waals surface area contributed by atoms with Crippen molar-refractivity contribution in [3.63, 3.8) is 0 Å². The number of amides is 1. The van der Waals surface area contributed by atoms with Gasteiger partial charge in [-0.1, -0.05) is 12.1 Å². The van der Waals surface area contributed by atoms with Gasteiger partial charge in [-0.25, -0.2) is 13.6 Å². The van der Waals surface area contributed by atoms with Gasteiger partial charge in [0, 0.05) is 18.6 Å². The van der Waals surface area contributed by atoms with Crippen molar-refractivity contribution in [2.45, 2.75) is 24.8 Å². The molecule has 1 saturated heterocycles. The molecule has 0 radical (unpaired) electrons. The number of carbonyl (C=O) groups is 2. The molecule has 3 rings (SSSR count). The third-order valence-electron chi connectivity index (χ3n) is 4.30. The summed E-state index contributed by atoms with van der Waals surface area (Å²) >= 11 is 0. The summed E-state index contributed by atoms with van der Waals surface area (Å²) in [6, 6.07) is 7.90. The van der Waals surface area contributed by atoms with E-state index in [1.54, 1.807) is 18.2 Å². The number of hydrogen-bond donors (Lipinski definition) is 2. The first-order valence-corrected chi connectivity index (χ1v) is 7.90. The molecule has 1 amide bonds. The fourth-order valence-electron chi connectivity index (χ4n) is 2.84. The molecular weight excluding hydrogens is 332 g/mol. The van der Waals surface area contributed by atoms with Gasteiger partial charge in [0.05, 0.1) is 18.2 Å².